The minimum absolute atomic E-state index is 0.109. The number of aliphatic hydroxyl groups excluding tert-OH is 2. The van der Waals surface area contributed by atoms with Gasteiger partial charge in [0.1, 0.15) is 5.60 Å². The summed E-state index contributed by atoms with van der Waals surface area (Å²) in [6.07, 6.45) is -0.120. The summed E-state index contributed by atoms with van der Waals surface area (Å²) in [6, 6.07) is 5.93. The molecule has 0 radical (unpaired) electrons. The minimum atomic E-state index is -0.807. The van der Waals surface area contributed by atoms with E-state index < -0.39 is 17.7 Å². The van der Waals surface area contributed by atoms with E-state index in [1.165, 1.54) is 0 Å². The van der Waals surface area contributed by atoms with Crippen molar-refractivity contribution in [2.75, 3.05) is 24.7 Å². The lowest BCUT2D eigenvalue weighted by molar-refractivity contribution is -0.136. The lowest BCUT2D eigenvalue weighted by Gasteiger charge is -2.16. The van der Waals surface area contributed by atoms with Gasteiger partial charge in [0.25, 0.3) is 0 Å². The fourth-order valence-corrected chi connectivity index (χ4v) is 3.44. The Morgan fingerprint density at radius 3 is 1.81 bits per heavy atom. The second-order valence-electron chi connectivity index (χ2n) is 6.38. The van der Waals surface area contributed by atoms with E-state index in [1.54, 1.807) is 44.3 Å². The van der Waals surface area contributed by atoms with E-state index >= 15 is 0 Å². The van der Waals surface area contributed by atoms with Gasteiger partial charge in [0, 0.05) is 27.7 Å². The summed E-state index contributed by atoms with van der Waals surface area (Å²) >= 11 is 3.09. The fourth-order valence-electron chi connectivity index (χ4n) is 1.82. The number of carboxylic acid groups (broad SMARTS) is 1. The molecule has 0 fully saturated rings. The molecule has 0 aromatic heterocycles. The number of nitrogens with two attached hydrogens (primary N) is 1. The van der Waals surface area contributed by atoms with Gasteiger partial charge in [-0.15, -0.1) is 23.5 Å². The van der Waals surface area contributed by atoms with E-state index in [0.717, 1.165) is 15.4 Å². The maximum atomic E-state index is 10.6. The molecule has 7 nitrogen and oxygen atoms in total. The molecule has 1 aromatic rings. The molecule has 154 valence electrons. The summed E-state index contributed by atoms with van der Waals surface area (Å²) in [5.74, 6) is 0.428. The van der Waals surface area contributed by atoms with Crippen LogP contribution in [0.5, 0.6) is 0 Å². The Bertz CT molecular complexity index is 563. The number of rotatable bonds is 9. The SMILES string of the molecule is CC(C)(C)OC(N)=O.O=C(O)CCc1cc(SCCO)cc(SCCO)c1. The molecule has 27 heavy (non-hydrogen) atoms. The van der Waals surface area contributed by atoms with Crippen molar-refractivity contribution in [3.05, 3.63) is 23.8 Å². The number of primary amides is 1. The molecule has 0 aliphatic rings. The Hall–Kier alpha value is -1.42. The van der Waals surface area contributed by atoms with Gasteiger partial charge in [-0.05, 0) is 51.0 Å². The summed E-state index contributed by atoms with van der Waals surface area (Å²) < 4.78 is 4.58. The number of amides is 1. The molecule has 0 saturated heterocycles. The number of aryl methyl sites for hydroxylation is 1. The maximum Gasteiger partial charge on any atom is 0.405 e. The molecular formula is C18H29NO6S2. The van der Waals surface area contributed by atoms with Crippen molar-refractivity contribution in [1.82, 2.24) is 0 Å². The normalized spacial score (nSPS) is 10.7. The van der Waals surface area contributed by atoms with Gasteiger partial charge >= 0.3 is 12.1 Å². The molecule has 0 bridgehead atoms. The predicted octanol–water partition coefficient (Wildman–Crippen LogP) is 2.75. The van der Waals surface area contributed by atoms with E-state index in [2.05, 4.69) is 4.74 Å². The average Bonchev–Trinajstić information content (AvgIpc) is 2.54. The summed E-state index contributed by atoms with van der Waals surface area (Å²) in [6.45, 7) is 5.51. The molecule has 0 spiro atoms. The van der Waals surface area contributed by atoms with E-state index in [9.17, 15) is 9.59 Å². The Morgan fingerprint density at radius 2 is 1.52 bits per heavy atom. The van der Waals surface area contributed by atoms with Crippen LogP contribution in [-0.2, 0) is 16.0 Å². The zero-order chi connectivity index (χ0) is 20.9. The topological polar surface area (TPSA) is 130 Å². The molecule has 0 heterocycles. The van der Waals surface area contributed by atoms with Gasteiger partial charge < -0.3 is 25.8 Å². The number of thioether (sulfide) groups is 2. The summed E-state index contributed by atoms with van der Waals surface area (Å²) in [5, 5.41) is 26.4. The number of aliphatic hydroxyl groups is 2. The summed E-state index contributed by atoms with van der Waals surface area (Å²) in [4.78, 5) is 22.7. The highest BCUT2D eigenvalue weighted by molar-refractivity contribution is 8.00. The van der Waals surface area contributed by atoms with Crippen LogP contribution in [-0.4, -0.2) is 57.7 Å². The van der Waals surface area contributed by atoms with Gasteiger partial charge in [0.15, 0.2) is 0 Å². The van der Waals surface area contributed by atoms with Crippen molar-refractivity contribution in [3.63, 3.8) is 0 Å². The highest BCUT2D eigenvalue weighted by atomic mass is 32.2. The monoisotopic (exact) mass is 419 g/mol. The summed E-state index contributed by atoms with van der Waals surface area (Å²) in [7, 11) is 0. The summed E-state index contributed by atoms with van der Waals surface area (Å²) in [5.41, 5.74) is 5.24. The Morgan fingerprint density at radius 1 is 1.04 bits per heavy atom. The Kier molecular flexibility index (Phi) is 13.0. The lowest BCUT2D eigenvalue weighted by atomic mass is 10.1. The first-order valence-electron chi connectivity index (χ1n) is 8.39. The van der Waals surface area contributed by atoms with Crippen LogP contribution in [0.25, 0.3) is 0 Å². The second kappa shape index (κ2) is 13.7. The van der Waals surface area contributed by atoms with E-state index in [1.807, 2.05) is 18.2 Å². The van der Waals surface area contributed by atoms with Crippen LogP contribution in [0.2, 0.25) is 0 Å². The number of ether oxygens (including phenoxy) is 1. The van der Waals surface area contributed by atoms with Crippen molar-refractivity contribution in [3.8, 4) is 0 Å². The van der Waals surface area contributed by atoms with Crippen LogP contribution >= 0.6 is 23.5 Å². The first kappa shape index (κ1) is 25.6. The molecule has 0 atom stereocenters. The fraction of sp³-hybridized carbons (Fsp3) is 0.556. The molecule has 0 saturated carbocycles. The van der Waals surface area contributed by atoms with Gasteiger partial charge in [-0.1, -0.05) is 0 Å². The number of benzene rings is 1. The van der Waals surface area contributed by atoms with Crippen molar-refractivity contribution >= 4 is 35.6 Å². The van der Waals surface area contributed by atoms with Gasteiger partial charge in [0.2, 0.25) is 0 Å². The van der Waals surface area contributed by atoms with Crippen molar-refractivity contribution in [2.45, 2.75) is 49.0 Å². The number of hydrogen-bond acceptors (Lipinski definition) is 7. The highest BCUT2D eigenvalue weighted by Gasteiger charge is 2.12. The molecule has 1 rings (SSSR count). The van der Waals surface area contributed by atoms with Crippen LogP contribution in [0.1, 0.15) is 32.8 Å². The number of aliphatic carboxylic acids is 1. The van der Waals surface area contributed by atoms with Crippen molar-refractivity contribution in [2.24, 2.45) is 5.73 Å². The molecule has 0 unspecified atom stereocenters. The van der Waals surface area contributed by atoms with Crippen LogP contribution in [0.3, 0.4) is 0 Å². The third-order valence-electron chi connectivity index (χ3n) is 2.69. The standard InChI is InChI=1S/C13H18O4S2.C5H11NO2/c14-3-5-18-11-7-10(1-2-13(16)17)8-12(9-11)19-6-4-15;1-5(2,3)8-4(6)7/h7-9,14-15H,1-6H2,(H,16,17);1-3H3,(H2,6,7). The zero-order valence-electron chi connectivity index (χ0n) is 15.9. The molecule has 9 heteroatoms. The first-order valence-corrected chi connectivity index (χ1v) is 10.4. The number of carbonyl (C=O) groups excluding carboxylic acids is 1. The van der Waals surface area contributed by atoms with Gasteiger partial charge in [-0.25, -0.2) is 4.79 Å². The highest BCUT2D eigenvalue weighted by Crippen LogP contribution is 2.27. The van der Waals surface area contributed by atoms with Crippen LogP contribution in [0.4, 0.5) is 4.79 Å². The van der Waals surface area contributed by atoms with Gasteiger partial charge in [-0.2, -0.15) is 0 Å². The average molecular weight is 420 g/mol. The van der Waals surface area contributed by atoms with E-state index in [0.29, 0.717) is 17.9 Å². The zero-order valence-corrected chi connectivity index (χ0v) is 17.6. The molecule has 0 aliphatic carbocycles. The molecule has 1 aromatic carbocycles. The first-order chi connectivity index (χ1) is 12.6. The number of carboxylic acids is 1. The minimum Gasteiger partial charge on any atom is -0.481 e. The van der Waals surface area contributed by atoms with Crippen molar-refractivity contribution < 1.29 is 29.6 Å². The van der Waals surface area contributed by atoms with Gasteiger partial charge in [0.05, 0.1) is 13.2 Å². The molecule has 5 N–H and O–H groups in total. The smallest absolute Gasteiger partial charge is 0.405 e. The van der Waals surface area contributed by atoms with Crippen molar-refractivity contribution in [1.29, 1.82) is 0 Å². The lowest BCUT2D eigenvalue weighted by Crippen LogP contribution is -2.27. The molecular weight excluding hydrogens is 390 g/mol. The van der Waals surface area contributed by atoms with Crippen LogP contribution < -0.4 is 5.73 Å². The third kappa shape index (κ3) is 15.3. The van der Waals surface area contributed by atoms with E-state index in [4.69, 9.17) is 21.1 Å². The maximum absolute atomic E-state index is 10.6. The molecule has 1 amide bonds. The number of carbonyl (C=O) groups is 2. The quantitative estimate of drug-likeness (QED) is 0.450. The van der Waals surface area contributed by atoms with E-state index in [-0.39, 0.29) is 19.6 Å². The third-order valence-corrected chi connectivity index (χ3v) is 4.61. The second-order valence-corrected chi connectivity index (χ2v) is 8.72. The van der Waals surface area contributed by atoms with Crippen LogP contribution in [0.15, 0.2) is 28.0 Å². The van der Waals surface area contributed by atoms with Crippen LogP contribution in [0, 0.1) is 0 Å². The van der Waals surface area contributed by atoms with Gasteiger partial charge in [-0.3, -0.25) is 4.79 Å². The Balaban J connectivity index is 0.000000713. The molecule has 0 aliphatic heterocycles. The largest absolute Gasteiger partial charge is 0.481 e. The number of hydrogen-bond donors (Lipinski definition) is 4. The Labute approximate surface area is 168 Å². The predicted molar refractivity (Wildman–Crippen MR) is 108 cm³/mol.